The minimum absolute atomic E-state index is 0.0430. The topological polar surface area (TPSA) is 64.3 Å². The van der Waals surface area contributed by atoms with Crippen molar-refractivity contribution in [2.24, 2.45) is 7.05 Å². The molecule has 2 aromatic rings. The molecule has 0 aliphatic heterocycles. The molecule has 0 radical (unpaired) electrons. The van der Waals surface area contributed by atoms with Gasteiger partial charge in [0.2, 0.25) is 0 Å². The monoisotopic (exact) mass is 250 g/mol. The van der Waals surface area contributed by atoms with Crippen LogP contribution in [-0.4, -0.2) is 20.9 Å². The lowest BCUT2D eigenvalue weighted by Crippen LogP contribution is -2.05. The molecule has 0 atom stereocenters. The molecule has 0 unspecified atom stereocenters. The van der Waals surface area contributed by atoms with Gasteiger partial charge in [-0.3, -0.25) is 4.68 Å². The van der Waals surface area contributed by atoms with E-state index in [1.165, 1.54) is 24.4 Å². The molecule has 94 valence electrons. The Hall–Kier alpha value is -2.37. The standard InChI is InChI=1S/C12H11FN2O3/c1-15-6-9(5-14-15)18-7-8-3-2-4-10(11(8)13)12(16)17/h2-6H,7H2,1H3,(H,16,17). The van der Waals surface area contributed by atoms with Gasteiger partial charge in [-0.2, -0.15) is 5.10 Å². The number of aryl methyl sites for hydroxylation is 1. The van der Waals surface area contributed by atoms with E-state index in [9.17, 15) is 9.18 Å². The Morgan fingerprint density at radius 3 is 2.94 bits per heavy atom. The summed E-state index contributed by atoms with van der Waals surface area (Å²) in [6.07, 6.45) is 3.14. The second-order valence-corrected chi connectivity index (χ2v) is 3.72. The molecular weight excluding hydrogens is 239 g/mol. The van der Waals surface area contributed by atoms with Gasteiger partial charge in [0.05, 0.1) is 18.0 Å². The van der Waals surface area contributed by atoms with E-state index >= 15 is 0 Å². The summed E-state index contributed by atoms with van der Waals surface area (Å²) in [6, 6.07) is 4.18. The summed E-state index contributed by atoms with van der Waals surface area (Å²) in [5, 5.41) is 12.7. The minimum atomic E-state index is -1.30. The summed E-state index contributed by atoms with van der Waals surface area (Å²) in [7, 11) is 1.73. The molecule has 0 spiro atoms. The second kappa shape index (κ2) is 4.87. The first-order chi connectivity index (χ1) is 8.58. The number of nitrogens with zero attached hydrogens (tertiary/aromatic N) is 2. The first-order valence-corrected chi connectivity index (χ1v) is 5.20. The molecule has 1 aromatic carbocycles. The Morgan fingerprint density at radius 1 is 1.56 bits per heavy atom. The summed E-state index contributed by atoms with van der Waals surface area (Å²) in [5.74, 6) is -1.57. The van der Waals surface area contributed by atoms with E-state index in [4.69, 9.17) is 9.84 Å². The average molecular weight is 250 g/mol. The van der Waals surface area contributed by atoms with Gasteiger partial charge in [0, 0.05) is 12.6 Å². The number of aromatic nitrogens is 2. The number of aromatic carboxylic acids is 1. The number of hydrogen-bond donors (Lipinski definition) is 1. The van der Waals surface area contributed by atoms with Crippen LogP contribution in [0.2, 0.25) is 0 Å². The van der Waals surface area contributed by atoms with Crippen molar-refractivity contribution in [2.45, 2.75) is 6.61 Å². The van der Waals surface area contributed by atoms with Crippen molar-refractivity contribution in [3.05, 3.63) is 47.5 Å². The molecular formula is C12H11FN2O3. The van der Waals surface area contributed by atoms with Gasteiger partial charge in [-0.1, -0.05) is 12.1 Å². The lowest BCUT2D eigenvalue weighted by molar-refractivity contribution is 0.0691. The molecule has 2 rings (SSSR count). The molecule has 1 aromatic heterocycles. The van der Waals surface area contributed by atoms with Crippen LogP contribution in [0.15, 0.2) is 30.6 Å². The van der Waals surface area contributed by atoms with Crippen molar-refractivity contribution >= 4 is 5.97 Å². The number of carbonyl (C=O) groups is 1. The quantitative estimate of drug-likeness (QED) is 0.899. The molecule has 0 aliphatic rings. The van der Waals surface area contributed by atoms with E-state index in [0.717, 1.165) is 0 Å². The predicted molar refractivity (Wildman–Crippen MR) is 60.9 cm³/mol. The van der Waals surface area contributed by atoms with Gasteiger partial charge in [-0.25, -0.2) is 9.18 Å². The van der Waals surface area contributed by atoms with Gasteiger partial charge < -0.3 is 9.84 Å². The maximum atomic E-state index is 13.7. The van der Waals surface area contributed by atoms with Crippen LogP contribution < -0.4 is 4.74 Å². The lowest BCUT2D eigenvalue weighted by atomic mass is 10.1. The normalized spacial score (nSPS) is 10.3. The Balaban J connectivity index is 2.14. The molecule has 6 heteroatoms. The van der Waals surface area contributed by atoms with E-state index in [0.29, 0.717) is 5.75 Å². The zero-order chi connectivity index (χ0) is 13.1. The van der Waals surface area contributed by atoms with Crippen molar-refractivity contribution in [1.82, 2.24) is 9.78 Å². The van der Waals surface area contributed by atoms with Crippen molar-refractivity contribution in [1.29, 1.82) is 0 Å². The number of carboxylic acid groups (broad SMARTS) is 1. The summed E-state index contributed by atoms with van der Waals surface area (Å²) in [4.78, 5) is 10.8. The smallest absolute Gasteiger partial charge is 0.338 e. The fraction of sp³-hybridized carbons (Fsp3) is 0.167. The van der Waals surface area contributed by atoms with Crippen molar-refractivity contribution in [3.63, 3.8) is 0 Å². The van der Waals surface area contributed by atoms with Gasteiger partial charge >= 0.3 is 5.97 Å². The van der Waals surface area contributed by atoms with Crippen LogP contribution in [0.5, 0.6) is 5.75 Å². The van der Waals surface area contributed by atoms with Crippen LogP contribution in [0.3, 0.4) is 0 Å². The van der Waals surface area contributed by atoms with Gasteiger partial charge in [0.25, 0.3) is 0 Å². The number of halogens is 1. The number of ether oxygens (including phenoxy) is 1. The van der Waals surface area contributed by atoms with E-state index in [1.54, 1.807) is 17.9 Å². The lowest BCUT2D eigenvalue weighted by Gasteiger charge is -2.06. The van der Waals surface area contributed by atoms with Gasteiger partial charge in [0.1, 0.15) is 12.4 Å². The van der Waals surface area contributed by atoms with Crippen LogP contribution in [0, 0.1) is 5.82 Å². The second-order valence-electron chi connectivity index (χ2n) is 3.72. The summed E-state index contributed by atoms with van der Waals surface area (Å²) < 4.78 is 20.6. The molecule has 0 aliphatic carbocycles. The third kappa shape index (κ3) is 2.48. The van der Waals surface area contributed by atoms with Crippen LogP contribution in [0.4, 0.5) is 4.39 Å². The van der Waals surface area contributed by atoms with Crippen molar-refractivity contribution < 1.29 is 19.0 Å². The highest BCUT2D eigenvalue weighted by Gasteiger charge is 2.14. The van der Waals surface area contributed by atoms with Crippen LogP contribution in [-0.2, 0) is 13.7 Å². The number of rotatable bonds is 4. The molecule has 0 bridgehead atoms. The molecule has 1 N–H and O–H groups in total. The van der Waals surface area contributed by atoms with E-state index in [1.807, 2.05) is 0 Å². The van der Waals surface area contributed by atoms with Crippen molar-refractivity contribution in [3.8, 4) is 5.75 Å². The Labute approximate surface area is 102 Å². The molecule has 0 amide bonds. The van der Waals surface area contributed by atoms with Crippen LogP contribution >= 0.6 is 0 Å². The Kier molecular flexibility index (Phi) is 3.27. The zero-order valence-electron chi connectivity index (χ0n) is 9.63. The highest BCUT2D eigenvalue weighted by molar-refractivity contribution is 5.88. The number of hydrogen-bond acceptors (Lipinski definition) is 3. The van der Waals surface area contributed by atoms with E-state index in [-0.39, 0.29) is 17.7 Å². The molecule has 0 fully saturated rings. The number of benzene rings is 1. The number of carboxylic acids is 1. The van der Waals surface area contributed by atoms with Crippen LogP contribution in [0.1, 0.15) is 15.9 Å². The highest BCUT2D eigenvalue weighted by Crippen LogP contribution is 2.16. The maximum Gasteiger partial charge on any atom is 0.338 e. The third-order valence-corrected chi connectivity index (χ3v) is 2.38. The van der Waals surface area contributed by atoms with Gasteiger partial charge in [0.15, 0.2) is 5.75 Å². The van der Waals surface area contributed by atoms with Crippen molar-refractivity contribution in [2.75, 3.05) is 0 Å². The van der Waals surface area contributed by atoms with Gasteiger partial charge in [-0.15, -0.1) is 0 Å². The predicted octanol–water partition coefficient (Wildman–Crippen LogP) is 1.84. The molecule has 1 heterocycles. The summed E-state index contributed by atoms with van der Waals surface area (Å²) >= 11 is 0. The molecule has 0 saturated heterocycles. The maximum absolute atomic E-state index is 13.7. The third-order valence-electron chi connectivity index (χ3n) is 2.38. The van der Waals surface area contributed by atoms with E-state index < -0.39 is 11.8 Å². The average Bonchev–Trinajstić information content (AvgIpc) is 2.73. The molecule has 0 saturated carbocycles. The fourth-order valence-electron chi connectivity index (χ4n) is 1.49. The Morgan fingerprint density at radius 2 is 2.33 bits per heavy atom. The highest BCUT2D eigenvalue weighted by atomic mass is 19.1. The van der Waals surface area contributed by atoms with Gasteiger partial charge in [-0.05, 0) is 6.07 Å². The SMILES string of the molecule is Cn1cc(OCc2cccc(C(=O)O)c2F)cn1. The van der Waals surface area contributed by atoms with E-state index in [2.05, 4.69) is 5.10 Å². The first-order valence-electron chi connectivity index (χ1n) is 5.20. The molecule has 18 heavy (non-hydrogen) atoms. The zero-order valence-corrected chi connectivity index (χ0v) is 9.63. The largest absolute Gasteiger partial charge is 0.486 e. The Bertz CT molecular complexity index is 580. The minimum Gasteiger partial charge on any atom is -0.486 e. The van der Waals surface area contributed by atoms with Crippen LogP contribution in [0.25, 0.3) is 0 Å². The first kappa shape index (κ1) is 12.1. The molecule has 5 nitrogen and oxygen atoms in total. The fourth-order valence-corrected chi connectivity index (χ4v) is 1.49. The summed E-state index contributed by atoms with van der Waals surface area (Å²) in [6.45, 7) is -0.0430. The summed E-state index contributed by atoms with van der Waals surface area (Å²) in [5.41, 5.74) is -0.166.